The molecule has 0 N–H and O–H groups in total. The number of fused-ring (bicyclic) bond motifs is 3. The third-order valence-corrected chi connectivity index (χ3v) is 3.85. The van der Waals surface area contributed by atoms with Gasteiger partial charge in [-0.05, 0) is 24.6 Å². The largest absolute Gasteiger partial charge is 0.488 e. The fourth-order valence-corrected chi connectivity index (χ4v) is 2.89. The second-order valence-electron chi connectivity index (χ2n) is 5.29. The van der Waals surface area contributed by atoms with Crippen LogP contribution in [0.1, 0.15) is 11.3 Å². The molecule has 0 bridgehead atoms. The molecule has 2 nitrogen and oxygen atoms in total. The fraction of sp³-hybridized carbons (Fsp3) is 0.105. The lowest BCUT2D eigenvalue weighted by Crippen LogP contribution is -2.09. The number of aryl methyl sites for hydroxylation is 1. The van der Waals surface area contributed by atoms with Crippen LogP contribution >= 0.6 is 0 Å². The fourth-order valence-electron chi connectivity index (χ4n) is 2.89. The average molecular weight is 273 g/mol. The van der Waals surface area contributed by atoms with Crippen molar-refractivity contribution in [2.75, 3.05) is 0 Å². The zero-order valence-corrected chi connectivity index (χ0v) is 11.8. The van der Waals surface area contributed by atoms with Crippen LogP contribution in [0.25, 0.3) is 22.4 Å². The Morgan fingerprint density at radius 3 is 2.52 bits per heavy atom. The van der Waals surface area contributed by atoms with Crippen molar-refractivity contribution < 1.29 is 4.74 Å². The molecule has 4 rings (SSSR count). The molecular formula is C19H15NO. The molecule has 2 heteroatoms. The van der Waals surface area contributed by atoms with Crippen LogP contribution < -0.4 is 4.74 Å². The summed E-state index contributed by atoms with van der Waals surface area (Å²) >= 11 is 0. The van der Waals surface area contributed by atoms with Crippen molar-refractivity contribution in [2.45, 2.75) is 13.5 Å². The topological polar surface area (TPSA) is 22.1 Å². The van der Waals surface area contributed by atoms with Gasteiger partial charge in [0.1, 0.15) is 12.4 Å². The molecule has 2 aromatic carbocycles. The van der Waals surface area contributed by atoms with Crippen molar-refractivity contribution in [3.05, 3.63) is 71.9 Å². The minimum Gasteiger partial charge on any atom is -0.488 e. The third-order valence-electron chi connectivity index (χ3n) is 3.85. The summed E-state index contributed by atoms with van der Waals surface area (Å²) in [5.41, 5.74) is 6.76. The summed E-state index contributed by atoms with van der Waals surface area (Å²) in [5.74, 6) is 0.953. The van der Waals surface area contributed by atoms with E-state index in [1.807, 2.05) is 37.3 Å². The molecule has 1 aromatic heterocycles. The van der Waals surface area contributed by atoms with Crippen LogP contribution in [-0.2, 0) is 6.61 Å². The first-order valence-electron chi connectivity index (χ1n) is 7.11. The van der Waals surface area contributed by atoms with Crippen LogP contribution in [0.4, 0.5) is 0 Å². The number of para-hydroxylation sites is 1. The summed E-state index contributed by atoms with van der Waals surface area (Å²) in [6, 6.07) is 20.7. The maximum atomic E-state index is 5.91. The summed E-state index contributed by atoms with van der Waals surface area (Å²) in [7, 11) is 0. The molecule has 0 fully saturated rings. The van der Waals surface area contributed by atoms with E-state index in [1.54, 1.807) is 0 Å². The minimum absolute atomic E-state index is 0.573. The quantitative estimate of drug-likeness (QED) is 0.645. The van der Waals surface area contributed by atoms with Crippen LogP contribution in [0.2, 0.25) is 0 Å². The lowest BCUT2D eigenvalue weighted by Gasteiger charge is -2.23. The van der Waals surface area contributed by atoms with Gasteiger partial charge in [0.05, 0.1) is 5.69 Å². The van der Waals surface area contributed by atoms with E-state index in [4.69, 9.17) is 9.72 Å². The van der Waals surface area contributed by atoms with Gasteiger partial charge in [-0.2, -0.15) is 0 Å². The van der Waals surface area contributed by atoms with Crippen LogP contribution in [0, 0.1) is 6.92 Å². The third kappa shape index (κ3) is 2.00. The number of hydrogen-bond acceptors (Lipinski definition) is 2. The second-order valence-corrected chi connectivity index (χ2v) is 5.29. The maximum Gasteiger partial charge on any atom is 0.127 e. The molecule has 0 unspecified atom stereocenters. The molecule has 0 saturated carbocycles. The lowest BCUT2D eigenvalue weighted by molar-refractivity contribution is 0.302. The summed E-state index contributed by atoms with van der Waals surface area (Å²) in [6.45, 7) is 2.62. The van der Waals surface area contributed by atoms with Crippen molar-refractivity contribution in [3.8, 4) is 28.1 Å². The van der Waals surface area contributed by atoms with Gasteiger partial charge in [0.15, 0.2) is 0 Å². The Kier molecular flexibility index (Phi) is 2.74. The standard InChI is InChI=1S/C19H15NO/c1-13-11-16-15-9-5-6-10-18(15)21-12-17(16)19(20-13)14-7-3-2-4-8-14/h2-11H,12H2,1H3. The molecule has 102 valence electrons. The zero-order chi connectivity index (χ0) is 14.2. The van der Waals surface area contributed by atoms with E-state index < -0.39 is 0 Å². The van der Waals surface area contributed by atoms with Gasteiger partial charge < -0.3 is 4.74 Å². The van der Waals surface area contributed by atoms with E-state index >= 15 is 0 Å². The van der Waals surface area contributed by atoms with E-state index in [9.17, 15) is 0 Å². The Bertz CT molecular complexity index is 792. The van der Waals surface area contributed by atoms with Gasteiger partial charge in [0.25, 0.3) is 0 Å². The molecule has 0 radical (unpaired) electrons. The van der Waals surface area contributed by atoms with Crippen molar-refractivity contribution in [1.82, 2.24) is 4.98 Å². The smallest absolute Gasteiger partial charge is 0.127 e. The number of ether oxygens (including phenoxy) is 1. The van der Waals surface area contributed by atoms with Gasteiger partial charge in [0, 0.05) is 22.4 Å². The summed E-state index contributed by atoms with van der Waals surface area (Å²) in [5, 5.41) is 0. The molecule has 3 aromatic rings. The van der Waals surface area contributed by atoms with Crippen LogP contribution in [0.5, 0.6) is 5.75 Å². The van der Waals surface area contributed by atoms with Gasteiger partial charge in [-0.1, -0.05) is 48.5 Å². The lowest BCUT2D eigenvalue weighted by atomic mass is 9.93. The van der Waals surface area contributed by atoms with Crippen molar-refractivity contribution in [1.29, 1.82) is 0 Å². The highest BCUT2D eigenvalue weighted by molar-refractivity contribution is 5.81. The number of pyridine rings is 1. The molecule has 0 aliphatic carbocycles. The summed E-state index contributed by atoms with van der Waals surface area (Å²) in [4.78, 5) is 4.75. The zero-order valence-electron chi connectivity index (χ0n) is 11.8. The summed E-state index contributed by atoms with van der Waals surface area (Å²) in [6.07, 6.45) is 0. The van der Waals surface area contributed by atoms with Crippen molar-refractivity contribution >= 4 is 0 Å². The van der Waals surface area contributed by atoms with E-state index in [1.165, 1.54) is 11.1 Å². The molecule has 2 heterocycles. The predicted octanol–water partition coefficient (Wildman–Crippen LogP) is 4.62. The average Bonchev–Trinajstić information content (AvgIpc) is 2.55. The molecule has 0 saturated heterocycles. The second kappa shape index (κ2) is 4.74. The first-order valence-corrected chi connectivity index (χ1v) is 7.11. The molecule has 1 aliphatic heterocycles. The molecule has 0 atom stereocenters. The van der Waals surface area contributed by atoms with Gasteiger partial charge in [-0.15, -0.1) is 0 Å². The molecule has 0 amide bonds. The monoisotopic (exact) mass is 273 g/mol. The highest BCUT2D eigenvalue weighted by Gasteiger charge is 2.21. The molecular weight excluding hydrogens is 258 g/mol. The van der Waals surface area contributed by atoms with Crippen LogP contribution in [0.15, 0.2) is 60.7 Å². The minimum atomic E-state index is 0.573. The highest BCUT2D eigenvalue weighted by atomic mass is 16.5. The van der Waals surface area contributed by atoms with Crippen molar-refractivity contribution in [2.24, 2.45) is 0 Å². The molecule has 0 spiro atoms. The Labute approximate surface area is 124 Å². The van der Waals surface area contributed by atoms with Gasteiger partial charge >= 0.3 is 0 Å². The van der Waals surface area contributed by atoms with E-state index in [-0.39, 0.29) is 0 Å². The first-order chi connectivity index (χ1) is 10.3. The molecule has 21 heavy (non-hydrogen) atoms. The predicted molar refractivity (Wildman–Crippen MR) is 84.2 cm³/mol. The highest BCUT2D eigenvalue weighted by Crippen LogP contribution is 2.40. The van der Waals surface area contributed by atoms with Crippen LogP contribution in [0.3, 0.4) is 0 Å². The van der Waals surface area contributed by atoms with E-state index in [0.29, 0.717) is 6.61 Å². The SMILES string of the molecule is Cc1cc2c(c(-c3ccccc3)n1)COc1ccccc1-2. The van der Waals surface area contributed by atoms with E-state index in [0.717, 1.165) is 28.3 Å². The Morgan fingerprint density at radius 2 is 1.67 bits per heavy atom. The van der Waals surface area contributed by atoms with Gasteiger partial charge in [-0.3, -0.25) is 4.98 Å². The van der Waals surface area contributed by atoms with E-state index in [2.05, 4.69) is 30.3 Å². The molecule has 1 aliphatic rings. The number of rotatable bonds is 1. The maximum absolute atomic E-state index is 5.91. The normalized spacial score (nSPS) is 12.2. The van der Waals surface area contributed by atoms with Gasteiger partial charge in [-0.25, -0.2) is 0 Å². The summed E-state index contributed by atoms with van der Waals surface area (Å²) < 4.78 is 5.91. The van der Waals surface area contributed by atoms with Crippen LogP contribution in [-0.4, -0.2) is 4.98 Å². The Balaban J connectivity index is 1.99. The number of nitrogens with zero attached hydrogens (tertiary/aromatic N) is 1. The Hall–Kier alpha value is -2.61. The number of aromatic nitrogens is 1. The van der Waals surface area contributed by atoms with Crippen molar-refractivity contribution in [3.63, 3.8) is 0 Å². The first kappa shape index (κ1) is 12.2. The van der Waals surface area contributed by atoms with Gasteiger partial charge in [0.2, 0.25) is 0 Å². The Morgan fingerprint density at radius 1 is 0.905 bits per heavy atom. The number of benzene rings is 2. The number of hydrogen-bond donors (Lipinski definition) is 0.